The zero-order chi connectivity index (χ0) is 14.1. The molecule has 1 N–H and O–H groups in total. The van der Waals surface area contributed by atoms with Gasteiger partial charge in [0.1, 0.15) is 17.5 Å². The molecule has 0 aromatic heterocycles. The van der Waals surface area contributed by atoms with Gasteiger partial charge in [-0.1, -0.05) is 12.8 Å². The molecule has 2 aliphatic rings. The summed E-state index contributed by atoms with van der Waals surface area (Å²) in [5.41, 5.74) is 0.0419. The average Bonchev–Trinajstić information content (AvgIpc) is 3.21. The van der Waals surface area contributed by atoms with E-state index in [1.165, 1.54) is 0 Å². The smallest absolute Gasteiger partial charge is 0.133 e. The van der Waals surface area contributed by atoms with Crippen LogP contribution >= 0.6 is 12.4 Å². The SMILES string of the molecule is Cl.Fc1cc(F)c([C@@H](CC2CC2)N2CCNCC2)c(F)c1. The molecule has 0 bridgehead atoms. The van der Waals surface area contributed by atoms with Gasteiger partial charge in [0, 0.05) is 49.9 Å². The van der Waals surface area contributed by atoms with E-state index in [9.17, 15) is 13.2 Å². The first kappa shape index (κ1) is 16.6. The minimum atomic E-state index is -0.853. The molecule has 1 saturated carbocycles. The summed E-state index contributed by atoms with van der Waals surface area (Å²) < 4.78 is 41.2. The number of nitrogens with one attached hydrogen (secondary N) is 1. The molecule has 1 atom stereocenters. The number of hydrogen-bond donors (Lipinski definition) is 1. The lowest BCUT2D eigenvalue weighted by Crippen LogP contribution is -2.45. The molecule has 0 unspecified atom stereocenters. The lowest BCUT2D eigenvalue weighted by Gasteiger charge is -2.35. The minimum Gasteiger partial charge on any atom is -0.314 e. The van der Waals surface area contributed by atoms with Gasteiger partial charge in [-0.3, -0.25) is 4.90 Å². The van der Waals surface area contributed by atoms with E-state index in [1.807, 2.05) is 0 Å². The Balaban J connectivity index is 0.00000161. The zero-order valence-corrected chi connectivity index (χ0v) is 12.6. The van der Waals surface area contributed by atoms with E-state index < -0.39 is 17.5 Å². The van der Waals surface area contributed by atoms with Gasteiger partial charge >= 0.3 is 0 Å². The topological polar surface area (TPSA) is 15.3 Å². The van der Waals surface area contributed by atoms with Crippen molar-refractivity contribution in [2.75, 3.05) is 26.2 Å². The number of piperazine rings is 1. The van der Waals surface area contributed by atoms with Gasteiger partial charge in [0.2, 0.25) is 0 Å². The summed E-state index contributed by atoms with van der Waals surface area (Å²) >= 11 is 0. The van der Waals surface area contributed by atoms with Crippen LogP contribution in [0.4, 0.5) is 13.2 Å². The van der Waals surface area contributed by atoms with Gasteiger partial charge in [-0.15, -0.1) is 12.4 Å². The molecule has 3 rings (SSSR count). The molecule has 1 aromatic rings. The van der Waals surface area contributed by atoms with Gasteiger partial charge in [0.15, 0.2) is 0 Å². The first-order valence-corrected chi connectivity index (χ1v) is 7.24. The molecule has 1 aliphatic heterocycles. The molecule has 118 valence electrons. The van der Waals surface area contributed by atoms with E-state index in [0.29, 0.717) is 5.92 Å². The Morgan fingerprint density at radius 1 is 1.10 bits per heavy atom. The fraction of sp³-hybridized carbons (Fsp3) is 0.600. The van der Waals surface area contributed by atoms with E-state index >= 15 is 0 Å². The van der Waals surface area contributed by atoms with E-state index in [4.69, 9.17) is 0 Å². The van der Waals surface area contributed by atoms with Crippen molar-refractivity contribution in [1.29, 1.82) is 0 Å². The van der Waals surface area contributed by atoms with Gasteiger partial charge in [0.25, 0.3) is 0 Å². The molecule has 1 aromatic carbocycles. The van der Waals surface area contributed by atoms with Crippen molar-refractivity contribution in [3.63, 3.8) is 0 Å². The molecule has 0 amide bonds. The third-order valence-electron chi connectivity index (χ3n) is 4.22. The van der Waals surface area contributed by atoms with Crippen LogP contribution in [-0.4, -0.2) is 31.1 Å². The maximum Gasteiger partial charge on any atom is 0.133 e. The van der Waals surface area contributed by atoms with Crippen LogP contribution in [0.2, 0.25) is 0 Å². The Labute approximate surface area is 129 Å². The molecule has 6 heteroatoms. The Morgan fingerprint density at radius 2 is 1.67 bits per heavy atom. The highest BCUT2D eigenvalue weighted by molar-refractivity contribution is 5.85. The Morgan fingerprint density at radius 3 is 2.19 bits per heavy atom. The molecule has 0 spiro atoms. The number of rotatable bonds is 4. The quantitative estimate of drug-likeness (QED) is 0.916. The third-order valence-corrected chi connectivity index (χ3v) is 4.22. The van der Waals surface area contributed by atoms with Crippen LogP contribution in [0.1, 0.15) is 30.9 Å². The lowest BCUT2D eigenvalue weighted by molar-refractivity contribution is 0.154. The minimum absolute atomic E-state index is 0. The Bertz CT molecular complexity index is 465. The van der Waals surface area contributed by atoms with Crippen molar-refractivity contribution in [1.82, 2.24) is 10.2 Å². The van der Waals surface area contributed by atoms with Crippen molar-refractivity contribution in [3.05, 3.63) is 35.1 Å². The van der Waals surface area contributed by atoms with Crippen LogP contribution in [-0.2, 0) is 0 Å². The lowest BCUT2D eigenvalue weighted by atomic mass is 9.97. The molecular formula is C15H20ClF3N2. The maximum atomic E-state index is 14.1. The summed E-state index contributed by atoms with van der Waals surface area (Å²) in [7, 11) is 0. The van der Waals surface area contributed by atoms with Crippen LogP contribution < -0.4 is 5.32 Å². The molecule has 1 heterocycles. The van der Waals surface area contributed by atoms with Crippen molar-refractivity contribution in [2.24, 2.45) is 5.92 Å². The van der Waals surface area contributed by atoms with E-state index in [2.05, 4.69) is 10.2 Å². The van der Waals surface area contributed by atoms with Crippen molar-refractivity contribution in [3.8, 4) is 0 Å². The summed E-state index contributed by atoms with van der Waals surface area (Å²) in [6.07, 6.45) is 3.03. The largest absolute Gasteiger partial charge is 0.314 e. The highest BCUT2D eigenvalue weighted by atomic mass is 35.5. The van der Waals surface area contributed by atoms with Crippen LogP contribution in [0.25, 0.3) is 0 Å². The highest BCUT2D eigenvalue weighted by Crippen LogP contribution is 2.41. The third kappa shape index (κ3) is 3.90. The molecule has 21 heavy (non-hydrogen) atoms. The fourth-order valence-corrected chi connectivity index (χ4v) is 2.98. The summed E-state index contributed by atoms with van der Waals surface area (Å²) in [6, 6.07) is 1.31. The van der Waals surface area contributed by atoms with E-state index in [-0.39, 0.29) is 24.0 Å². The van der Waals surface area contributed by atoms with Crippen LogP contribution in [0.5, 0.6) is 0 Å². The van der Waals surface area contributed by atoms with Crippen molar-refractivity contribution in [2.45, 2.75) is 25.3 Å². The van der Waals surface area contributed by atoms with Crippen LogP contribution in [0, 0.1) is 23.4 Å². The zero-order valence-electron chi connectivity index (χ0n) is 11.7. The summed E-state index contributed by atoms with van der Waals surface area (Å²) in [6.45, 7) is 3.19. The molecular weight excluding hydrogens is 301 g/mol. The predicted octanol–water partition coefficient (Wildman–Crippen LogP) is 3.27. The molecule has 0 radical (unpaired) electrons. The summed E-state index contributed by atoms with van der Waals surface area (Å²) in [4.78, 5) is 2.12. The predicted molar refractivity (Wildman–Crippen MR) is 78.1 cm³/mol. The number of benzene rings is 1. The summed E-state index contributed by atoms with van der Waals surface area (Å²) in [5.74, 6) is -1.81. The van der Waals surface area contributed by atoms with Gasteiger partial charge < -0.3 is 5.32 Å². The molecule has 1 saturated heterocycles. The second kappa shape index (κ2) is 6.99. The first-order valence-electron chi connectivity index (χ1n) is 7.24. The monoisotopic (exact) mass is 320 g/mol. The highest BCUT2D eigenvalue weighted by Gasteiger charge is 2.33. The normalized spacial score (nSPS) is 20.9. The Hall–Kier alpha value is -0.780. The molecule has 2 nitrogen and oxygen atoms in total. The standard InChI is InChI=1S/C15H19F3N2.ClH/c16-11-8-12(17)15(13(18)9-11)14(7-10-1-2-10)20-5-3-19-4-6-20;/h8-10,14,19H,1-7H2;1H/t14-;/m1./s1. The second-order valence-corrected chi connectivity index (χ2v) is 5.76. The first-order chi connectivity index (χ1) is 9.65. The number of hydrogen-bond acceptors (Lipinski definition) is 2. The average molecular weight is 321 g/mol. The van der Waals surface area contributed by atoms with Crippen molar-refractivity contribution >= 4 is 12.4 Å². The van der Waals surface area contributed by atoms with Crippen LogP contribution in [0.3, 0.4) is 0 Å². The fourth-order valence-electron chi connectivity index (χ4n) is 2.98. The van der Waals surface area contributed by atoms with Crippen LogP contribution in [0.15, 0.2) is 12.1 Å². The van der Waals surface area contributed by atoms with E-state index in [0.717, 1.165) is 57.6 Å². The van der Waals surface area contributed by atoms with Gasteiger partial charge in [-0.05, 0) is 12.3 Å². The number of halogens is 4. The van der Waals surface area contributed by atoms with Gasteiger partial charge in [-0.2, -0.15) is 0 Å². The van der Waals surface area contributed by atoms with E-state index in [1.54, 1.807) is 0 Å². The number of nitrogens with zero attached hydrogens (tertiary/aromatic N) is 1. The summed E-state index contributed by atoms with van der Waals surface area (Å²) in [5, 5.41) is 3.24. The van der Waals surface area contributed by atoms with Crippen molar-refractivity contribution < 1.29 is 13.2 Å². The maximum absolute atomic E-state index is 14.1. The second-order valence-electron chi connectivity index (χ2n) is 5.76. The molecule has 2 fully saturated rings. The Kier molecular flexibility index (Phi) is 5.52. The van der Waals surface area contributed by atoms with Gasteiger partial charge in [0.05, 0.1) is 0 Å². The van der Waals surface area contributed by atoms with Gasteiger partial charge in [-0.25, -0.2) is 13.2 Å². The molecule has 1 aliphatic carbocycles.